The highest BCUT2D eigenvalue weighted by Crippen LogP contribution is 2.37. The van der Waals surface area contributed by atoms with E-state index < -0.39 is 0 Å². The van der Waals surface area contributed by atoms with Gasteiger partial charge in [0.05, 0.1) is 11.7 Å². The zero-order valence-corrected chi connectivity index (χ0v) is 13.2. The lowest BCUT2D eigenvalue weighted by molar-refractivity contribution is 0.835. The van der Waals surface area contributed by atoms with E-state index in [0.717, 1.165) is 21.5 Å². The van der Waals surface area contributed by atoms with Gasteiger partial charge < -0.3 is 5.73 Å². The van der Waals surface area contributed by atoms with Crippen molar-refractivity contribution < 1.29 is 0 Å². The molecule has 3 aromatic heterocycles. The first-order chi connectivity index (χ1) is 11.3. The van der Waals surface area contributed by atoms with Gasteiger partial charge in [-0.2, -0.15) is 0 Å². The molecular formula is C19H15N3S. The first kappa shape index (κ1) is 14.1. The van der Waals surface area contributed by atoms with Gasteiger partial charge in [0, 0.05) is 28.7 Å². The van der Waals surface area contributed by atoms with Crippen LogP contribution in [-0.2, 0) is 0 Å². The van der Waals surface area contributed by atoms with Crippen molar-refractivity contribution >= 4 is 21.6 Å². The molecule has 1 aromatic carbocycles. The molecule has 23 heavy (non-hydrogen) atoms. The molecule has 0 saturated carbocycles. The fourth-order valence-electron chi connectivity index (χ4n) is 2.80. The number of pyridine rings is 2. The number of hydrogen-bond donors (Lipinski definition) is 1. The van der Waals surface area contributed by atoms with Crippen molar-refractivity contribution in [2.24, 2.45) is 5.73 Å². The maximum atomic E-state index is 6.50. The predicted molar refractivity (Wildman–Crippen MR) is 95.3 cm³/mol. The molecule has 0 radical (unpaired) electrons. The second-order valence-corrected chi connectivity index (χ2v) is 6.19. The van der Waals surface area contributed by atoms with Crippen LogP contribution in [0, 0.1) is 0 Å². The molecule has 4 rings (SSSR count). The summed E-state index contributed by atoms with van der Waals surface area (Å²) in [5.74, 6) is 0. The van der Waals surface area contributed by atoms with E-state index >= 15 is 0 Å². The molecule has 1 atom stereocenters. The summed E-state index contributed by atoms with van der Waals surface area (Å²) >= 11 is 1.65. The van der Waals surface area contributed by atoms with E-state index in [-0.39, 0.29) is 6.04 Å². The van der Waals surface area contributed by atoms with Crippen LogP contribution in [0.5, 0.6) is 0 Å². The Balaban J connectivity index is 1.92. The first-order valence-corrected chi connectivity index (χ1v) is 8.30. The molecule has 0 aliphatic carbocycles. The number of aromatic nitrogens is 2. The third-order valence-electron chi connectivity index (χ3n) is 3.93. The number of thiophene rings is 1. The summed E-state index contributed by atoms with van der Waals surface area (Å²) in [7, 11) is 0. The second-order valence-electron chi connectivity index (χ2n) is 5.33. The summed E-state index contributed by atoms with van der Waals surface area (Å²) in [6, 6.07) is 17.9. The maximum absolute atomic E-state index is 6.50. The summed E-state index contributed by atoms with van der Waals surface area (Å²) < 4.78 is 0. The molecule has 1 unspecified atom stereocenters. The van der Waals surface area contributed by atoms with Crippen molar-refractivity contribution in [1.82, 2.24) is 9.97 Å². The Kier molecular flexibility index (Phi) is 3.61. The molecule has 4 aromatic rings. The molecule has 0 aliphatic heterocycles. The van der Waals surface area contributed by atoms with Gasteiger partial charge in [-0.1, -0.05) is 36.4 Å². The Labute approximate surface area is 138 Å². The molecule has 0 saturated heterocycles. The average molecular weight is 317 g/mol. The Hall–Kier alpha value is -2.56. The Morgan fingerprint density at radius 2 is 1.70 bits per heavy atom. The SMILES string of the molecule is NC(c1ccccn1)c1ccnc2scc(-c3ccccc3)c12. The largest absolute Gasteiger partial charge is 0.319 e. The van der Waals surface area contributed by atoms with Gasteiger partial charge in [-0.25, -0.2) is 4.98 Å². The van der Waals surface area contributed by atoms with Crippen LogP contribution in [0.3, 0.4) is 0 Å². The topological polar surface area (TPSA) is 51.8 Å². The quantitative estimate of drug-likeness (QED) is 0.609. The van der Waals surface area contributed by atoms with Crippen molar-refractivity contribution in [1.29, 1.82) is 0 Å². The standard InChI is InChI=1S/C19H15N3S/c20-18(16-8-4-5-10-21-16)14-9-11-22-19-17(14)15(12-23-19)13-6-2-1-3-7-13/h1-12,18H,20H2. The third kappa shape index (κ3) is 2.52. The lowest BCUT2D eigenvalue weighted by Gasteiger charge is -2.14. The van der Waals surface area contributed by atoms with Crippen LogP contribution in [0.1, 0.15) is 17.3 Å². The van der Waals surface area contributed by atoms with E-state index in [2.05, 4.69) is 27.5 Å². The Bertz CT molecular complexity index is 933. The van der Waals surface area contributed by atoms with Crippen LogP contribution in [-0.4, -0.2) is 9.97 Å². The molecule has 3 heterocycles. The van der Waals surface area contributed by atoms with E-state index in [1.807, 2.05) is 48.7 Å². The minimum Gasteiger partial charge on any atom is -0.319 e. The molecule has 0 spiro atoms. The molecule has 0 aliphatic rings. The molecule has 0 fully saturated rings. The lowest BCUT2D eigenvalue weighted by atomic mass is 9.97. The van der Waals surface area contributed by atoms with Crippen LogP contribution in [0.2, 0.25) is 0 Å². The highest BCUT2D eigenvalue weighted by atomic mass is 32.1. The number of nitrogens with two attached hydrogens (primary N) is 1. The minimum absolute atomic E-state index is 0.265. The molecule has 4 heteroatoms. The number of nitrogens with zero attached hydrogens (tertiary/aromatic N) is 2. The Morgan fingerprint density at radius 3 is 2.48 bits per heavy atom. The highest BCUT2D eigenvalue weighted by molar-refractivity contribution is 7.17. The zero-order chi connectivity index (χ0) is 15.6. The van der Waals surface area contributed by atoms with E-state index in [1.165, 1.54) is 11.1 Å². The van der Waals surface area contributed by atoms with Crippen molar-refractivity contribution in [3.05, 3.63) is 83.6 Å². The third-order valence-corrected chi connectivity index (χ3v) is 4.82. The molecule has 0 bridgehead atoms. The highest BCUT2D eigenvalue weighted by Gasteiger charge is 2.18. The fourth-order valence-corrected chi connectivity index (χ4v) is 3.75. The van der Waals surface area contributed by atoms with Gasteiger partial charge in [0.1, 0.15) is 4.83 Å². The molecule has 3 nitrogen and oxygen atoms in total. The van der Waals surface area contributed by atoms with Crippen LogP contribution in [0.4, 0.5) is 0 Å². The van der Waals surface area contributed by atoms with E-state index in [1.54, 1.807) is 17.5 Å². The van der Waals surface area contributed by atoms with Gasteiger partial charge in [-0.3, -0.25) is 4.98 Å². The number of hydrogen-bond acceptors (Lipinski definition) is 4. The van der Waals surface area contributed by atoms with Gasteiger partial charge in [0.25, 0.3) is 0 Å². The smallest absolute Gasteiger partial charge is 0.124 e. The normalized spacial score (nSPS) is 12.4. The molecule has 0 amide bonds. The van der Waals surface area contributed by atoms with Gasteiger partial charge in [-0.05, 0) is 29.3 Å². The van der Waals surface area contributed by atoms with E-state index in [0.29, 0.717) is 0 Å². The molecule has 2 N–H and O–H groups in total. The van der Waals surface area contributed by atoms with Crippen LogP contribution < -0.4 is 5.73 Å². The van der Waals surface area contributed by atoms with Gasteiger partial charge in [-0.15, -0.1) is 11.3 Å². The van der Waals surface area contributed by atoms with Gasteiger partial charge >= 0.3 is 0 Å². The summed E-state index contributed by atoms with van der Waals surface area (Å²) in [5.41, 5.74) is 10.8. The second kappa shape index (κ2) is 5.91. The summed E-state index contributed by atoms with van der Waals surface area (Å²) in [6.07, 6.45) is 3.60. The first-order valence-electron chi connectivity index (χ1n) is 7.42. The summed E-state index contributed by atoms with van der Waals surface area (Å²) in [6.45, 7) is 0. The summed E-state index contributed by atoms with van der Waals surface area (Å²) in [4.78, 5) is 9.92. The average Bonchev–Trinajstić information content (AvgIpc) is 3.07. The number of benzene rings is 1. The zero-order valence-electron chi connectivity index (χ0n) is 12.4. The van der Waals surface area contributed by atoms with Crippen LogP contribution in [0.25, 0.3) is 21.3 Å². The van der Waals surface area contributed by atoms with Crippen molar-refractivity contribution in [2.45, 2.75) is 6.04 Å². The van der Waals surface area contributed by atoms with E-state index in [9.17, 15) is 0 Å². The molecule has 112 valence electrons. The van der Waals surface area contributed by atoms with Crippen LogP contribution in [0.15, 0.2) is 72.4 Å². The van der Waals surface area contributed by atoms with Crippen molar-refractivity contribution in [2.75, 3.05) is 0 Å². The number of rotatable bonds is 3. The van der Waals surface area contributed by atoms with Crippen molar-refractivity contribution in [3.8, 4) is 11.1 Å². The monoisotopic (exact) mass is 317 g/mol. The fraction of sp³-hybridized carbons (Fsp3) is 0.0526. The number of fused-ring (bicyclic) bond motifs is 1. The molecular weight excluding hydrogens is 302 g/mol. The van der Waals surface area contributed by atoms with Crippen LogP contribution >= 0.6 is 11.3 Å². The maximum Gasteiger partial charge on any atom is 0.124 e. The van der Waals surface area contributed by atoms with Gasteiger partial charge in [0.2, 0.25) is 0 Å². The van der Waals surface area contributed by atoms with E-state index in [4.69, 9.17) is 5.73 Å². The summed E-state index contributed by atoms with van der Waals surface area (Å²) in [5, 5.41) is 3.28. The predicted octanol–water partition coefficient (Wildman–Crippen LogP) is 4.41. The Morgan fingerprint density at radius 1 is 0.870 bits per heavy atom. The van der Waals surface area contributed by atoms with Crippen molar-refractivity contribution in [3.63, 3.8) is 0 Å². The lowest BCUT2D eigenvalue weighted by Crippen LogP contribution is -2.13. The minimum atomic E-state index is -0.265. The van der Waals surface area contributed by atoms with Gasteiger partial charge in [0.15, 0.2) is 0 Å².